The van der Waals surface area contributed by atoms with E-state index in [0.29, 0.717) is 26.0 Å². The van der Waals surface area contributed by atoms with Crippen LogP contribution in [0.4, 0.5) is 4.79 Å². The van der Waals surface area contributed by atoms with Gasteiger partial charge in [-0.15, -0.1) is 0 Å². The Kier molecular flexibility index (Phi) is 8.90. The van der Waals surface area contributed by atoms with Crippen molar-refractivity contribution in [2.45, 2.75) is 52.6 Å². The van der Waals surface area contributed by atoms with E-state index in [9.17, 15) is 9.59 Å². The van der Waals surface area contributed by atoms with E-state index >= 15 is 0 Å². The number of hydrogen-bond donors (Lipinski definition) is 1. The van der Waals surface area contributed by atoms with Crippen LogP contribution >= 0.6 is 0 Å². The van der Waals surface area contributed by atoms with Gasteiger partial charge >= 0.3 is 12.1 Å². The number of carbonyl (C=O) groups is 2. The van der Waals surface area contributed by atoms with Gasteiger partial charge in [0.05, 0.1) is 6.61 Å². The average Bonchev–Trinajstić information content (AvgIpc) is 2.70. The zero-order chi connectivity index (χ0) is 22.0. The molecule has 1 N–H and O–H groups in total. The van der Waals surface area contributed by atoms with E-state index < -0.39 is 11.7 Å². The number of carbonyl (C=O) groups excluding carboxylic acids is 2. The van der Waals surface area contributed by atoms with E-state index in [1.807, 2.05) is 39.0 Å². The van der Waals surface area contributed by atoms with Crippen molar-refractivity contribution in [1.82, 2.24) is 5.32 Å². The molecule has 2 aromatic carbocycles. The molecule has 1 amide bonds. The highest BCUT2D eigenvalue weighted by molar-refractivity contribution is 5.69. The molecular weight excluding hydrogens is 378 g/mol. The van der Waals surface area contributed by atoms with Crippen LogP contribution in [0.25, 0.3) is 11.1 Å². The maximum atomic E-state index is 12.0. The number of alkyl carbamates (subject to hydrolysis) is 1. The highest BCUT2D eigenvalue weighted by Gasteiger charge is 2.19. The summed E-state index contributed by atoms with van der Waals surface area (Å²) in [6, 6.07) is 18.6. The molecule has 0 unspecified atom stereocenters. The SMILES string of the molecule is CCOC(=O)CC[C@H](CNC(=O)OC(C)(C)C)Cc1ccc(-c2ccccc2)cc1. The fourth-order valence-electron chi connectivity index (χ4n) is 3.17. The van der Waals surface area contributed by atoms with Gasteiger partial charge in [0, 0.05) is 13.0 Å². The van der Waals surface area contributed by atoms with Crippen LogP contribution in [0.3, 0.4) is 0 Å². The minimum atomic E-state index is -0.544. The summed E-state index contributed by atoms with van der Waals surface area (Å²) < 4.78 is 10.4. The Morgan fingerprint density at radius 1 is 0.967 bits per heavy atom. The summed E-state index contributed by atoms with van der Waals surface area (Å²) in [5.41, 5.74) is 2.95. The smallest absolute Gasteiger partial charge is 0.407 e. The summed E-state index contributed by atoms with van der Waals surface area (Å²) in [6.45, 7) is 8.11. The fourth-order valence-corrected chi connectivity index (χ4v) is 3.17. The standard InChI is InChI=1S/C25H33NO4/c1-5-29-23(27)16-13-20(18-26-24(28)30-25(2,3)4)17-19-11-14-22(15-12-19)21-9-7-6-8-10-21/h6-12,14-15,20H,5,13,16-18H2,1-4H3,(H,26,28)/t20-/m0/s1. The molecule has 0 saturated carbocycles. The van der Waals surface area contributed by atoms with E-state index in [2.05, 4.69) is 41.7 Å². The van der Waals surface area contributed by atoms with Gasteiger partial charge in [0.2, 0.25) is 0 Å². The number of rotatable bonds is 9. The molecule has 30 heavy (non-hydrogen) atoms. The van der Waals surface area contributed by atoms with Crippen LogP contribution in [-0.2, 0) is 20.7 Å². The number of hydrogen-bond acceptors (Lipinski definition) is 4. The number of amides is 1. The second-order valence-electron chi connectivity index (χ2n) is 8.36. The Balaban J connectivity index is 2.00. The van der Waals surface area contributed by atoms with Crippen molar-refractivity contribution < 1.29 is 19.1 Å². The maximum absolute atomic E-state index is 12.0. The third-order valence-electron chi connectivity index (χ3n) is 4.58. The molecular formula is C25H33NO4. The van der Waals surface area contributed by atoms with Gasteiger partial charge in [-0.2, -0.15) is 0 Å². The molecule has 0 bridgehead atoms. The number of ether oxygens (including phenoxy) is 2. The molecule has 0 radical (unpaired) electrons. The summed E-state index contributed by atoms with van der Waals surface area (Å²) in [7, 11) is 0. The van der Waals surface area contributed by atoms with Crippen LogP contribution in [0.2, 0.25) is 0 Å². The van der Waals surface area contributed by atoms with Crippen molar-refractivity contribution in [1.29, 1.82) is 0 Å². The Morgan fingerprint density at radius 3 is 2.20 bits per heavy atom. The van der Waals surface area contributed by atoms with Crippen molar-refractivity contribution in [2.75, 3.05) is 13.2 Å². The minimum absolute atomic E-state index is 0.101. The third-order valence-corrected chi connectivity index (χ3v) is 4.58. The lowest BCUT2D eigenvalue weighted by Gasteiger charge is -2.22. The second kappa shape index (κ2) is 11.4. The topological polar surface area (TPSA) is 64.6 Å². The molecule has 2 aromatic rings. The first-order chi connectivity index (χ1) is 14.3. The summed E-state index contributed by atoms with van der Waals surface area (Å²) in [4.78, 5) is 23.8. The van der Waals surface area contributed by atoms with Crippen LogP contribution in [0.1, 0.15) is 46.1 Å². The Bertz CT molecular complexity index is 794. The minimum Gasteiger partial charge on any atom is -0.466 e. The normalized spacial score (nSPS) is 12.1. The highest BCUT2D eigenvalue weighted by atomic mass is 16.6. The molecule has 1 atom stereocenters. The predicted molar refractivity (Wildman–Crippen MR) is 119 cm³/mol. The summed E-state index contributed by atoms with van der Waals surface area (Å²) in [5, 5.41) is 2.84. The van der Waals surface area contributed by atoms with Crippen molar-refractivity contribution in [3.63, 3.8) is 0 Å². The van der Waals surface area contributed by atoms with Crippen molar-refractivity contribution in [3.8, 4) is 11.1 Å². The van der Waals surface area contributed by atoms with Crippen LogP contribution in [-0.4, -0.2) is 30.8 Å². The molecule has 0 spiro atoms. The first kappa shape index (κ1) is 23.5. The lowest BCUT2D eigenvalue weighted by atomic mass is 9.93. The quantitative estimate of drug-likeness (QED) is 0.563. The number of nitrogens with one attached hydrogen (secondary N) is 1. The number of benzene rings is 2. The van der Waals surface area contributed by atoms with E-state index in [1.165, 1.54) is 5.56 Å². The summed E-state index contributed by atoms with van der Waals surface area (Å²) in [5.74, 6) is -0.108. The Labute approximate surface area is 179 Å². The molecule has 0 heterocycles. The van der Waals surface area contributed by atoms with Gasteiger partial charge in [-0.1, -0.05) is 54.6 Å². The maximum Gasteiger partial charge on any atom is 0.407 e. The summed E-state index contributed by atoms with van der Waals surface area (Å²) in [6.07, 6.45) is 1.28. The highest BCUT2D eigenvalue weighted by Crippen LogP contribution is 2.21. The molecule has 2 rings (SSSR count). The molecule has 0 aliphatic heterocycles. The first-order valence-electron chi connectivity index (χ1n) is 10.5. The predicted octanol–water partition coefficient (Wildman–Crippen LogP) is 5.38. The molecule has 5 nitrogen and oxygen atoms in total. The van der Waals surface area contributed by atoms with Crippen LogP contribution in [0.5, 0.6) is 0 Å². The summed E-state index contributed by atoms with van der Waals surface area (Å²) >= 11 is 0. The fraction of sp³-hybridized carbons (Fsp3) is 0.440. The van der Waals surface area contributed by atoms with Crippen LogP contribution < -0.4 is 5.32 Å². The number of esters is 1. The van der Waals surface area contributed by atoms with Gasteiger partial charge in [-0.3, -0.25) is 4.79 Å². The van der Waals surface area contributed by atoms with Gasteiger partial charge in [0.25, 0.3) is 0 Å². The molecule has 5 heteroatoms. The molecule has 0 aliphatic carbocycles. The van der Waals surface area contributed by atoms with Crippen molar-refractivity contribution in [3.05, 3.63) is 60.2 Å². The van der Waals surface area contributed by atoms with E-state index in [1.54, 1.807) is 6.92 Å². The van der Waals surface area contributed by atoms with Crippen molar-refractivity contribution in [2.24, 2.45) is 5.92 Å². The lowest BCUT2D eigenvalue weighted by Crippen LogP contribution is -2.36. The molecule has 0 aliphatic rings. The van der Waals surface area contributed by atoms with Gasteiger partial charge < -0.3 is 14.8 Å². The average molecular weight is 412 g/mol. The van der Waals surface area contributed by atoms with Gasteiger partial charge in [0.15, 0.2) is 0 Å². The lowest BCUT2D eigenvalue weighted by molar-refractivity contribution is -0.143. The molecule has 0 aromatic heterocycles. The third kappa shape index (κ3) is 8.68. The van der Waals surface area contributed by atoms with Gasteiger partial charge in [0.1, 0.15) is 5.60 Å². The van der Waals surface area contributed by atoms with Crippen LogP contribution in [0, 0.1) is 5.92 Å². The molecule has 0 fully saturated rings. The largest absolute Gasteiger partial charge is 0.466 e. The Hall–Kier alpha value is -2.82. The van der Waals surface area contributed by atoms with E-state index in [4.69, 9.17) is 9.47 Å². The van der Waals surface area contributed by atoms with E-state index in [0.717, 1.165) is 17.5 Å². The Morgan fingerprint density at radius 2 is 1.60 bits per heavy atom. The zero-order valence-electron chi connectivity index (χ0n) is 18.4. The van der Waals surface area contributed by atoms with Crippen molar-refractivity contribution >= 4 is 12.1 Å². The molecule has 0 saturated heterocycles. The van der Waals surface area contributed by atoms with Gasteiger partial charge in [-0.25, -0.2) is 4.79 Å². The van der Waals surface area contributed by atoms with E-state index in [-0.39, 0.29) is 11.9 Å². The molecule has 162 valence electrons. The monoisotopic (exact) mass is 411 g/mol. The van der Waals surface area contributed by atoms with Crippen LogP contribution in [0.15, 0.2) is 54.6 Å². The first-order valence-corrected chi connectivity index (χ1v) is 10.5. The second-order valence-corrected chi connectivity index (χ2v) is 8.36. The zero-order valence-corrected chi connectivity index (χ0v) is 18.4. The van der Waals surface area contributed by atoms with Gasteiger partial charge in [-0.05, 0) is 63.1 Å².